The highest BCUT2D eigenvalue weighted by molar-refractivity contribution is 9.10. The average molecular weight is 475 g/mol. The van der Waals surface area contributed by atoms with Crippen molar-refractivity contribution in [2.75, 3.05) is 5.32 Å². The highest BCUT2D eigenvalue weighted by Gasteiger charge is 2.20. The zero-order chi connectivity index (χ0) is 21.1. The molecule has 3 nitrogen and oxygen atoms in total. The maximum Gasteiger partial charge on any atom is 0.238 e. The fourth-order valence-electron chi connectivity index (χ4n) is 3.36. The summed E-state index contributed by atoms with van der Waals surface area (Å²) in [6.07, 6.45) is 3.75. The number of benzene rings is 3. The van der Waals surface area contributed by atoms with Gasteiger partial charge < -0.3 is 10.4 Å². The number of pyridine rings is 1. The summed E-state index contributed by atoms with van der Waals surface area (Å²) in [6, 6.07) is 25.3. The topological polar surface area (TPSA) is 39.0 Å². The normalized spacial score (nSPS) is 11.8. The Hall–Kier alpha value is -3.02. The second-order valence-corrected chi connectivity index (χ2v) is 8.19. The van der Waals surface area contributed by atoms with Gasteiger partial charge in [-0.2, -0.15) is 4.57 Å². The van der Waals surface area contributed by atoms with Gasteiger partial charge in [0.2, 0.25) is 5.70 Å². The Morgan fingerprint density at radius 2 is 1.67 bits per heavy atom. The molecule has 0 fully saturated rings. The van der Waals surface area contributed by atoms with Crippen LogP contribution in [-0.4, -0.2) is 4.99 Å². The number of hydrogen-bond donors (Lipinski definition) is 1. The van der Waals surface area contributed by atoms with Crippen LogP contribution in [-0.2, 0) is 0 Å². The largest absolute Gasteiger partial charge is 0.867 e. The number of anilines is 1. The number of nitrogens with zero attached hydrogens (tertiary/aromatic N) is 1. The first-order valence-electron chi connectivity index (χ1n) is 9.48. The van der Waals surface area contributed by atoms with E-state index >= 15 is 0 Å². The van der Waals surface area contributed by atoms with Gasteiger partial charge in [0.25, 0.3) is 0 Å². The Bertz CT molecular complexity index is 1280. The number of thiocarbonyl (C=S) groups is 1. The Kier molecular flexibility index (Phi) is 5.93. The van der Waals surface area contributed by atoms with E-state index in [-0.39, 0.29) is 5.76 Å². The van der Waals surface area contributed by atoms with Crippen LogP contribution in [0.3, 0.4) is 0 Å². The summed E-state index contributed by atoms with van der Waals surface area (Å²) in [5.41, 5.74) is 2.85. The molecule has 0 amide bonds. The van der Waals surface area contributed by atoms with E-state index in [2.05, 4.69) is 33.4 Å². The molecule has 0 spiro atoms. The van der Waals surface area contributed by atoms with Crippen LogP contribution in [0.2, 0.25) is 0 Å². The molecule has 5 heteroatoms. The van der Waals surface area contributed by atoms with Gasteiger partial charge in [-0.3, -0.25) is 0 Å². The third-order valence-electron chi connectivity index (χ3n) is 4.79. The first-order chi connectivity index (χ1) is 14.5. The molecule has 0 unspecified atom stereocenters. The number of nitrogens with one attached hydrogen (secondary N) is 1. The third-order valence-corrected chi connectivity index (χ3v) is 5.78. The van der Waals surface area contributed by atoms with E-state index in [1.54, 1.807) is 10.6 Å². The quantitative estimate of drug-likeness (QED) is 0.188. The van der Waals surface area contributed by atoms with E-state index in [1.165, 1.54) is 0 Å². The van der Waals surface area contributed by atoms with Crippen LogP contribution < -0.4 is 15.0 Å². The summed E-state index contributed by atoms with van der Waals surface area (Å²) in [5, 5.41) is 19.0. The Labute approximate surface area is 189 Å². The fourth-order valence-corrected chi connectivity index (χ4v) is 4.13. The van der Waals surface area contributed by atoms with Crippen molar-refractivity contribution in [1.29, 1.82) is 0 Å². The van der Waals surface area contributed by atoms with Gasteiger partial charge in [-0.15, -0.1) is 0 Å². The summed E-state index contributed by atoms with van der Waals surface area (Å²) < 4.78 is 2.52. The standard InChI is InChI=1S/C25H19BrN2OS/c1-17-8-7-15-28(16-17)23(24(29)20-12-4-5-13-21(20)26)25(30)27-22-14-6-10-18-9-2-3-11-19(18)22/h2-16H,1H3,(H-,27,29,30). The molecule has 0 radical (unpaired) electrons. The van der Waals surface area contributed by atoms with Gasteiger partial charge >= 0.3 is 0 Å². The van der Waals surface area contributed by atoms with Gasteiger partial charge in [-0.1, -0.05) is 82.7 Å². The lowest BCUT2D eigenvalue weighted by atomic mass is 10.1. The fraction of sp³-hybridized carbons (Fsp3) is 0.0400. The van der Waals surface area contributed by atoms with Crippen LogP contribution in [0.5, 0.6) is 0 Å². The maximum atomic E-state index is 13.6. The monoisotopic (exact) mass is 474 g/mol. The summed E-state index contributed by atoms with van der Waals surface area (Å²) in [5.74, 6) is -0.157. The molecule has 0 aliphatic heterocycles. The molecular weight excluding hydrogens is 456 g/mol. The second-order valence-electron chi connectivity index (χ2n) is 6.93. The van der Waals surface area contributed by atoms with Gasteiger partial charge in [0.05, 0.1) is 0 Å². The molecule has 148 valence electrons. The van der Waals surface area contributed by atoms with E-state index < -0.39 is 0 Å². The lowest BCUT2D eigenvalue weighted by Crippen LogP contribution is -2.40. The van der Waals surface area contributed by atoms with Crippen molar-refractivity contribution in [2.24, 2.45) is 0 Å². The number of aryl methyl sites for hydroxylation is 1. The van der Waals surface area contributed by atoms with Gasteiger partial charge in [0.1, 0.15) is 0 Å². The Morgan fingerprint density at radius 3 is 2.47 bits per heavy atom. The number of halogens is 1. The molecule has 4 rings (SSSR count). The second kappa shape index (κ2) is 8.78. The lowest BCUT2D eigenvalue weighted by molar-refractivity contribution is -0.578. The van der Waals surface area contributed by atoms with Crippen molar-refractivity contribution in [1.82, 2.24) is 0 Å². The SMILES string of the molecule is Cc1ccc[n+](/C(C(=S)Nc2cccc3ccccc23)=C(/[O-])c2ccccc2Br)c1. The molecule has 1 N–H and O–H groups in total. The van der Waals surface area contributed by atoms with E-state index in [0.29, 0.717) is 16.2 Å². The molecule has 0 aliphatic carbocycles. The minimum Gasteiger partial charge on any atom is -0.867 e. The lowest BCUT2D eigenvalue weighted by Gasteiger charge is -2.18. The Morgan fingerprint density at radius 1 is 0.933 bits per heavy atom. The number of fused-ring (bicyclic) bond motifs is 1. The van der Waals surface area contributed by atoms with Crippen LogP contribution in [0, 0.1) is 6.92 Å². The Balaban J connectivity index is 1.85. The van der Waals surface area contributed by atoms with Crippen molar-refractivity contribution >= 4 is 61.1 Å². The number of rotatable bonds is 4. The molecule has 0 atom stereocenters. The van der Waals surface area contributed by atoms with Crippen molar-refractivity contribution < 1.29 is 9.67 Å². The molecule has 30 heavy (non-hydrogen) atoms. The number of hydrogen-bond acceptors (Lipinski definition) is 2. The van der Waals surface area contributed by atoms with Gasteiger partial charge in [0.15, 0.2) is 17.4 Å². The van der Waals surface area contributed by atoms with E-state index in [0.717, 1.165) is 26.5 Å². The highest BCUT2D eigenvalue weighted by atomic mass is 79.9. The minimum absolute atomic E-state index is 0.157. The maximum absolute atomic E-state index is 13.6. The zero-order valence-corrected chi connectivity index (χ0v) is 18.7. The summed E-state index contributed by atoms with van der Waals surface area (Å²) in [6.45, 7) is 1.98. The molecule has 0 bridgehead atoms. The molecule has 0 saturated heterocycles. The predicted octanol–water partition coefficient (Wildman–Crippen LogP) is 5.32. The van der Waals surface area contributed by atoms with E-state index in [9.17, 15) is 5.11 Å². The van der Waals surface area contributed by atoms with Crippen molar-refractivity contribution in [3.63, 3.8) is 0 Å². The number of aromatic nitrogens is 1. The van der Waals surface area contributed by atoms with Crippen molar-refractivity contribution in [3.8, 4) is 0 Å². The minimum atomic E-state index is -0.157. The summed E-state index contributed by atoms with van der Waals surface area (Å²) >= 11 is 9.25. The van der Waals surface area contributed by atoms with Crippen molar-refractivity contribution in [2.45, 2.75) is 6.92 Å². The van der Waals surface area contributed by atoms with Crippen LogP contribution in [0.15, 0.2) is 95.7 Å². The highest BCUT2D eigenvalue weighted by Crippen LogP contribution is 2.26. The van der Waals surface area contributed by atoms with Gasteiger partial charge in [-0.05, 0) is 41.8 Å². The van der Waals surface area contributed by atoms with E-state index in [4.69, 9.17) is 12.2 Å². The predicted molar refractivity (Wildman–Crippen MR) is 129 cm³/mol. The van der Waals surface area contributed by atoms with E-state index in [1.807, 2.05) is 80.0 Å². The summed E-state index contributed by atoms with van der Waals surface area (Å²) in [4.78, 5) is 0.364. The molecular formula is C25H19BrN2OS. The average Bonchev–Trinajstić information content (AvgIpc) is 2.74. The van der Waals surface area contributed by atoms with Crippen LogP contribution in [0.25, 0.3) is 22.2 Å². The first-order valence-corrected chi connectivity index (χ1v) is 10.7. The van der Waals surface area contributed by atoms with Crippen molar-refractivity contribution in [3.05, 3.63) is 107 Å². The van der Waals surface area contributed by atoms with Gasteiger partial charge in [-0.25, -0.2) is 0 Å². The molecule has 4 aromatic rings. The molecule has 1 aromatic heterocycles. The van der Waals surface area contributed by atoms with Gasteiger partial charge in [0, 0.05) is 27.2 Å². The molecule has 0 saturated carbocycles. The third kappa shape index (κ3) is 4.13. The summed E-state index contributed by atoms with van der Waals surface area (Å²) in [7, 11) is 0. The zero-order valence-electron chi connectivity index (χ0n) is 16.3. The van der Waals surface area contributed by atoms with Crippen LogP contribution in [0.4, 0.5) is 5.69 Å². The van der Waals surface area contributed by atoms with Crippen LogP contribution in [0.1, 0.15) is 11.1 Å². The smallest absolute Gasteiger partial charge is 0.238 e. The molecule has 0 aliphatic rings. The van der Waals surface area contributed by atoms with Crippen LogP contribution >= 0.6 is 28.1 Å². The molecule has 3 aromatic carbocycles. The first kappa shape index (κ1) is 20.3. The molecule has 1 heterocycles.